The Balaban J connectivity index is 2.92. The van der Waals surface area contributed by atoms with Crippen LogP contribution in [-0.2, 0) is 11.2 Å². The largest absolute Gasteiger partial charge is 0.377 e. The Morgan fingerprint density at radius 1 is 1.16 bits per heavy atom. The third-order valence-corrected chi connectivity index (χ3v) is 3.71. The molecule has 0 spiro atoms. The standard InChI is InChI=1S/C16H28N2O/c1-6-16(19-7-2)15(18-17)10-14-12(4)8-11(3)9-13(14)5/h8-9,15-16,18H,6-7,10,17H2,1-5H3. The highest BCUT2D eigenvalue weighted by Crippen LogP contribution is 2.20. The number of hydrogen-bond donors (Lipinski definition) is 2. The van der Waals surface area contributed by atoms with Crippen LogP contribution in [-0.4, -0.2) is 18.8 Å². The quantitative estimate of drug-likeness (QED) is 0.588. The highest BCUT2D eigenvalue weighted by Gasteiger charge is 2.21. The average molecular weight is 264 g/mol. The van der Waals surface area contributed by atoms with Gasteiger partial charge in [0.05, 0.1) is 12.1 Å². The van der Waals surface area contributed by atoms with E-state index in [0.29, 0.717) is 0 Å². The number of ether oxygens (including phenoxy) is 1. The van der Waals surface area contributed by atoms with Crippen molar-refractivity contribution in [2.24, 2.45) is 5.84 Å². The van der Waals surface area contributed by atoms with Crippen LogP contribution in [0.3, 0.4) is 0 Å². The molecule has 0 fully saturated rings. The van der Waals surface area contributed by atoms with E-state index in [0.717, 1.165) is 19.4 Å². The van der Waals surface area contributed by atoms with E-state index >= 15 is 0 Å². The van der Waals surface area contributed by atoms with Gasteiger partial charge in [-0.25, -0.2) is 0 Å². The van der Waals surface area contributed by atoms with Crippen LogP contribution >= 0.6 is 0 Å². The van der Waals surface area contributed by atoms with Crippen LogP contribution in [0.25, 0.3) is 0 Å². The van der Waals surface area contributed by atoms with Crippen molar-refractivity contribution in [1.29, 1.82) is 0 Å². The molecule has 1 aromatic carbocycles. The number of aryl methyl sites for hydroxylation is 3. The van der Waals surface area contributed by atoms with Gasteiger partial charge in [0, 0.05) is 6.61 Å². The van der Waals surface area contributed by atoms with E-state index in [9.17, 15) is 0 Å². The molecule has 3 N–H and O–H groups in total. The summed E-state index contributed by atoms with van der Waals surface area (Å²) < 4.78 is 5.78. The summed E-state index contributed by atoms with van der Waals surface area (Å²) in [4.78, 5) is 0. The minimum atomic E-state index is 0.157. The fourth-order valence-electron chi connectivity index (χ4n) is 2.78. The second-order valence-electron chi connectivity index (χ2n) is 5.26. The molecule has 0 aliphatic carbocycles. The third kappa shape index (κ3) is 4.30. The van der Waals surface area contributed by atoms with Crippen LogP contribution in [0, 0.1) is 20.8 Å². The minimum absolute atomic E-state index is 0.157. The van der Waals surface area contributed by atoms with Gasteiger partial charge in [-0.1, -0.05) is 24.6 Å². The molecule has 3 nitrogen and oxygen atoms in total. The van der Waals surface area contributed by atoms with Crippen LogP contribution in [0.5, 0.6) is 0 Å². The maximum Gasteiger partial charge on any atom is 0.0741 e. The second kappa shape index (κ2) is 7.63. The number of rotatable bonds is 7. The molecular weight excluding hydrogens is 236 g/mol. The van der Waals surface area contributed by atoms with Gasteiger partial charge in [0.15, 0.2) is 0 Å². The van der Waals surface area contributed by atoms with Crippen molar-refractivity contribution < 1.29 is 4.74 Å². The Morgan fingerprint density at radius 2 is 1.74 bits per heavy atom. The van der Waals surface area contributed by atoms with E-state index in [-0.39, 0.29) is 12.1 Å². The normalized spacial score (nSPS) is 14.4. The Bertz CT molecular complexity index is 381. The summed E-state index contributed by atoms with van der Waals surface area (Å²) in [5, 5.41) is 0. The molecule has 0 aromatic heterocycles. The lowest BCUT2D eigenvalue weighted by atomic mass is 9.92. The number of nitrogens with two attached hydrogens (primary N) is 1. The molecule has 0 heterocycles. The van der Waals surface area contributed by atoms with Gasteiger partial charge < -0.3 is 4.74 Å². The topological polar surface area (TPSA) is 47.3 Å². The first-order chi connectivity index (χ1) is 9.03. The van der Waals surface area contributed by atoms with E-state index in [1.54, 1.807) is 0 Å². The highest BCUT2D eigenvalue weighted by atomic mass is 16.5. The van der Waals surface area contributed by atoms with E-state index < -0.39 is 0 Å². The SMILES string of the molecule is CCOC(CC)C(Cc1c(C)cc(C)cc1C)NN. The number of nitrogens with one attached hydrogen (secondary N) is 1. The first kappa shape index (κ1) is 16.2. The second-order valence-corrected chi connectivity index (χ2v) is 5.26. The van der Waals surface area contributed by atoms with Gasteiger partial charge in [-0.05, 0) is 57.2 Å². The van der Waals surface area contributed by atoms with Crippen molar-refractivity contribution in [3.05, 3.63) is 34.4 Å². The maximum absolute atomic E-state index is 5.78. The molecular formula is C16H28N2O. The van der Waals surface area contributed by atoms with E-state index in [1.807, 2.05) is 6.92 Å². The molecule has 0 amide bonds. The average Bonchev–Trinajstić information content (AvgIpc) is 2.36. The summed E-state index contributed by atoms with van der Waals surface area (Å²) in [5.74, 6) is 5.73. The van der Waals surface area contributed by atoms with E-state index in [1.165, 1.54) is 22.3 Å². The van der Waals surface area contributed by atoms with Gasteiger partial charge in [-0.15, -0.1) is 0 Å². The maximum atomic E-state index is 5.78. The van der Waals surface area contributed by atoms with Gasteiger partial charge in [-0.3, -0.25) is 11.3 Å². The van der Waals surface area contributed by atoms with Crippen molar-refractivity contribution in [2.75, 3.05) is 6.61 Å². The number of hydrogen-bond acceptors (Lipinski definition) is 3. The van der Waals surface area contributed by atoms with Gasteiger partial charge >= 0.3 is 0 Å². The summed E-state index contributed by atoms with van der Waals surface area (Å²) >= 11 is 0. The summed E-state index contributed by atoms with van der Waals surface area (Å²) in [7, 11) is 0. The van der Waals surface area contributed by atoms with E-state index in [4.69, 9.17) is 10.6 Å². The van der Waals surface area contributed by atoms with Gasteiger partial charge in [-0.2, -0.15) is 0 Å². The summed E-state index contributed by atoms with van der Waals surface area (Å²) in [6, 6.07) is 4.62. The molecule has 0 aliphatic rings. The monoisotopic (exact) mass is 264 g/mol. The van der Waals surface area contributed by atoms with Crippen LogP contribution in [0.4, 0.5) is 0 Å². The lowest BCUT2D eigenvalue weighted by Gasteiger charge is -2.27. The van der Waals surface area contributed by atoms with Crippen molar-refractivity contribution >= 4 is 0 Å². The summed E-state index contributed by atoms with van der Waals surface area (Å²) in [6.07, 6.45) is 2.04. The third-order valence-electron chi connectivity index (χ3n) is 3.71. The van der Waals surface area contributed by atoms with Crippen LogP contribution in [0.1, 0.15) is 42.5 Å². The van der Waals surface area contributed by atoms with Crippen molar-refractivity contribution in [3.8, 4) is 0 Å². The van der Waals surface area contributed by atoms with Gasteiger partial charge in [0.1, 0.15) is 0 Å². The molecule has 2 unspecified atom stereocenters. The number of hydrazine groups is 1. The lowest BCUT2D eigenvalue weighted by Crippen LogP contribution is -2.46. The molecule has 1 aromatic rings. The zero-order valence-corrected chi connectivity index (χ0v) is 12.9. The van der Waals surface area contributed by atoms with Crippen LogP contribution in [0.2, 0.25) is 0 Å². The van der Waals surface area contributed by atoms with Gasteiger partial charge in [0.25, 0.3) is 0 Å². The molecule has 2 atom stereocenters. The molecule has 0 saturated carbocycles. The molecule has 0 aliphatic heterocycles. The molecule has 3 heteroatoms. The smallest absolute Gasteiger partial charge is 0.0741 e. The summed E-state index contributed by atoms with van der Waals surface area (Å²) in [5.41, 5.74) is 8.30. The summed E-state index contributed by atoms with van der Waals surface area (Å²) in [6.45, 7) is 11.4. The fraction of sp³-hybridized carbons (Fsp3) is 0.625. The van der Waals surface area contributed by atoms with Crippen LogP contribution < -0.4 is 11.3 Å². The molecule has 0 bridgehead atoms. The Kier molecular flexibility index (Phi) is 6.49. The van der Waals surface area contributed by atoms with Crippen molar-refractivity contribution in [1.82, 2.24) is 5.43 Å². The van der Waals surface area contributed by atoms with Gasteiger partial charge in [0.2, 0.25) is 0 Å². The molecule has 0 saturated heterocycles. The predicted octanol–water partition coefficient (Wildman–Crippen LogP) is 2.80. The van der Waals surface area contributed by atoms with E-state index in [2.05, 4.69) is 45.3 Å². The Morgan fingerprint density at radius 3 is 2.16 bits per heavy atom. The number of benzene rings is 1. The minimum Gasteiger partial charge on any atom is -0.377 e. The molecule has 0 radical (unpaired) electrons. The predicted molar refractivity (Wildman–Crippen MR) is 81.2 cm³/mol. The molecule has 19 heavy (non-hydrogen) atoms. The first-order valence-corrected chi connectivity index (χ1v) is 7.17. The molecule has 1 rings (SSSR count). The van der Waals surface area contributed by atoms with Crippen molar-refractivity contribution in [3.63, 3.8) is 0 Å². The molecule has 108 valence electrons. The lowest BCUT2D eigenvalue weighted by molar-refractivity contribution is 0.0319. The fourth-order valence-corrected chi connectivity index (χ4v) is 2.78. The Hall–Kier alpha value is -0.900. The van der Waals surface area contributed by atoms with Crippen molar-refractivity contribution in [2.45, 2.75) is 59.6 Å². The Labute approximate surface area is 117 Å². The highest BCUT2D eigenvalue weighted by molar-refractivity contribution is 5.38. The van der Waals surface area contributed by atoms with Crippen LogP contribution in [0.15, 0.2) is 12.1 Å². The first-order valence-electron chi connectivity index (χ1n) is 7.17. The zero-order valence-electron chi connectivity index (χ0n) is 12.9. The zero-order chi connectivity index (χ0) is 14.4.